The van der Waals surface area contributed by atoms with Crippen LogP contribution in [0, 0.1) is 0 Å². The highest BCUT2D eigenvalue weighted by Crippen LogP contribution is 2.13. The van der Waals surface area contributed by atoms with E-state index in [0.717, 1.165) is 31.4 Å². The van der Waals surface area contributed by atoms with Crippen molar-refractivity contribution in [2.45, 2.75) is 39.3 Å². The van der Waals surface area contributed by atoms with Gasteiger partial charge in [-0.1, -0.05) is 25.1 Å². The van der Waals surface area contributed by atoms with E-state index < -0.39 is 0 Å². The van der Waals surface area contributed by atoms with E-state index >= 15 is 0 Å². The fourth-order valence-electron chi connectivity index (χ4n) is 3.29. The number of hydrogen-bond acceptors (Lipinski definition) is 4. The van der Waals surface area contributed by atoms with E-state index in [9.17, 15) is 9.59 Å². The molecule has 1 aliphatic rings. The number of nitrogens with zero attached hydrogens (tertiary/aromatic N) is 3. The van der Waals surface area contributed by atoms with E-state index in [-0.39, 0.29) is 11.6 Å². The molecular weight excluding hydrogens is 330 g/mol. The lowest BCUT2D eigenvalue weighted by Crippen LogP contribution is -2.37. The van der Waals surface area contributed by atoms with Crippen molar-refractivity contribution in [3.05, 3.63) is 40.3 Å². The van der Waals surface area contributed by atoms with Gasteiger partial charge >= 0.3 is 6.03 Å². The van der Waals surface area contributed by atoms with Gasteiger partial charge in [0.25, 0.3) is 5.56 Å². The molecule has 0 saturated carbocycles. The first-order chi connectivity index (χ1) is 12.7. The summed E-state index contributed by atoms with van der Waals surface area (Å²) in [5.41, 5.74) is 0.646. The molecule has 1 aromatic heterocycles. The van der Waals surface area contributed by atoms with Gasteiger partial charge in [0.2, 0.25) is 0 Å². The molecule has 2 N–H and O–H groups in total. The maximum absolute atomic E-state index is 12.7. The van der Waals surface area contributed by atoms with Crippen LogP contribution in [0.1, 0.15) is 31.9 Å². The molecule has 0 radical (unpaired) electrons. The number of likely N-dealkylation sites (tertiary alicyclic amines) is 1. The first kappa shape index (κ1) is 18.4. The number of urea groups is 1. The van der Waals surface area contributed by atoms with Crippen LogP contribution < -0.4 is 16.2 Å². The minimum Gasteiger partial charge on any atom is -0.338 e. The molecule has 0 bridgehead atoms. The molecule has 1 aliphatic heterocycles. The molecule has 0 atom stereocenters. The maximum Gasteiger partial charge on any atom is 0.315 e. The summed E-state index contributed by atoms with van der Waals surface area (Å²) < 4.78 is 1.54. The number of rotatable bonds is 7. The quantitative estimate of drug-likeness (QED) is 0.790. The topological polar surface area (TPSA) is 79.3 Å². The smallest absolute Gasteiger partial charge is 0.315 e. The van der Waals surface area contributed by atoms with Gasteiger partial charge in [0.15, 0.2) is 0 Å². The van der Waals surface area contributed by atoms with Gasteiger partial charge < -0.3 is 15.5 Å². The third kappa shape index (κ3) is 4.40. The number of hydrogen-bond donors (Lipinski definition) is 2. The van der Waals surface area contributed by atoms with E-state index in [1.54, 1.807) is 4.68 Å². The predicted octanol–water partition coefficient (Wildman–Crippen LogP) is 1.70. The maximum atomic E-state index is 12.7. The lowest BCUT2D eigenvalue weighted by molar-refractivity contribution is 0.240. The van der Waals surface area contributed by atoms with E-state index in [1.807, 2.05) is 31.2 Å². The average molecular weight is 357 g/mol. The molecule has 3 rings (SSSR count). The first-order valence-corrected chi connectivity index (χ1v) is 9.42. The minimum absolute atomic E-state index is 0.0704. The van der Waals surface area contributed by atoms with Crippen molar-refractivity contribution in [2.24, 2.45) is 0 Å². The van der Waals surface area contributed by atoms with Crippen molar-refractivity contribution in [3.63, 3.8) is 0 Å². The van der Waals surface area contributed by atoms with Crippen molar-refractivity contribution in [1.82, 2.24) is 25.3 Å². The number of fused-ring (bicyclic) bond motifs is 1. The van der Waals surface area contributed by atoms with Crippen LogP contribution in [-0.4, -0.2) is 46.9 Å². The highest BCUT2D eigenvalue weighted by molar-refractivity contribution is 5.84. The third-order valence-electron chi connectivity index (χ3n) is 4.72. The lowest BCUT2D eigenvalue weighted by Gasteiger charge is -2.16. The number of nitrogens with one attached hydrogen (secondary N) is 2. The van der Waals surface area contributed by atoms with Crippen LogP contribution in [0.4, 0.5) is 4.79 Å². The number of carbonyl (C=O) groups is 1. The zero-order chi connectivity index (χ0) is 18.4. The molecule has 7 heteroatoms. The molecule has 2 heterocycles. The Kier molecular flexibility index (Phi) is 6.22. The highest BCUT2D eigenvalue weighted by atomic mass is 16.2. The summed E-state index contributed by atoms with van der Waals surface area (Å²) in [6.07, 6.45) is 3.33. The Hall–Kier alpha value is -2.41. The predicted molar refractivity (Wildman–Crippen MR) is 102 cm³/mol. The molecule has 0 unspecified atom stereocenters. The van der Waals surface area contributed by atoms with Gasteiger partial charge in [-0.05, 0) is 38.4 Å². The Morgan fingerprint density at radius 3 is 2.58 bits per heavy atom. The first-order valence-electron chi connectivity index (χ1n) is 9.42. The molecule has 7 nitrogen and oxygen atoms in total. The number of benzene rings is 1. The molecule has 0 spiro atoms. The molecule has 2 aromatic rings. The molecule has 1 fully saturated rings. The second-order valence-electron chi connectivity index (χ2n) is 6.68. The monoisotopic (exact) mass is 357 g/mol. The molecule has 26 heavy (non-hydrogen) atoms. The van der Waals surface area contributed by atoms with E-state index in [1.165, 1.54) is 12.8 Å². The molecule has 1 saturated heterocycles. The third-order valence-corrected chi connectivity index (χ3v) is 4.72. The second kappa shape index (κ2) is 8.80. The van der Waals surface area contributed by atoms with Crippen molar-refractivity contribution < 1.29 is 4.79 Å². The summed E-state index contributed by atoms with van der Waals surface area (Å²) in [5.74, 6) is 0. The van der Waals surface area contributed by atoms with Crippen molar-refractivity contribution in [1.29, 1.82) is 0 Å². The summed E-state index contributed by atoms with van der Waals surface area (Å²) in [6, 6.07) is 7.24. The van der Waals surface area contributed by atoms with E-state index in [2.05, 4.69) is 20.6 Å². The second-order valence-corrected chi connectivity index (χ2v) is 6.68. The normalized spacial score (nSPS) is 14.7. The average Bonchev–Trinajstić information content (AvgIpc) is 3.18. The summed E-state index contributed by atoms with van der Waals surface area (Å²) >= 11 is 0. The number of carbonyl (C=O) groups excluding carboxylic acids is 1. The fourth-order valence-corrected chi connectivity index (χ4v) is 3.29. The van der Waals surface area contributed by atoms with Gasteiger partial charge in [0.1, 0.15) is 0 Å². The van der Waals surface area contributed by atoms with Crippen LogP contribution in [0.5, 0.6) is 0 Å². The number of aromatic nitrogens is 2. The molecular formula is C19H27N5O2. The van der Waals surface area contributed by atoms with Crippen LogP contribution in [0.25, 0.3) is 10.8 Å². The highest BCUT2D eigenvalue weighted by Gasteiger charge is 2.14. The van der Waals surface area contributed by atoms with Gasteiger partial charge in [0.05, 0.1) is 24.2 Å². The standard InChI is InChI=1S/C19H27N5O2/c1-2-9-20-19(26)21-14-17-15-7-3-4-8-16(15)18(25)24(22-17)13-12-23-10-5-6-11-23/h3-4,7-8H,2,5-6,9-14H2,1H3,(H2,20,21,26). The zero-order valence-corrected chi connectivity index (χ0v) is 15.3. The van der Waals surface area contributed by atoms with E-state index in [4.69, 9.17) is 0 Å². The molecule has 2 amide bonds. The van der Waals surface area contributed by atoms with Crippen molar-refractivity contribution in [3.8, 4) is 0 Å². The van der Waals surface area contributed by atoms with Crippen LogP contribution in [-0.2, 0) is 13.1 Å². The van der Waals surface area contributed by atoms with Crippen LogP contribution in [0.3, 0.4) is 0 Å². The largest absolute Gasteiger partial charge is 0.338 e. The minimum atomic E-state index is -0.215. The van der Waals surface area contributed by atoms with Crippen molar-refractivity contribution in [2.75, 3.05) is 26.2 Å². The number of amides is 2. The van der Waals surface area contributed by atoms with Crippen LogP contribution in [0.2, 0.25) is 0 Å². The Labute approximate surface area is 153 Å². The zero-order valence-electron chi connectivity index (χ0n) is 15.3. The lowest BCUT2D eigenvalue weighted by atomic mass is 10.1. The van der Waals surface area contributed by atoms with Crippen LogP contribution in [0.15, 0.2) is 29.1 Å². The summed E-state index contributed by atoms with van der Waals surface area (Å²) in [5, 5.41) is 11.6. The Bertz CT molecular complexity index is 811. The summed E-state index contributed by atoms with van der Waals surface area (Å²) in [4.78, 5) is 26.9. The fraction of sp³-hybridized carbons (Fsp3) is 0.526. The van der Waals surface area contributed by atoms with Gasteiger partial charge in [-0.25, -0.2) is 9.48 Å². The SMILES string of the molecule is CCCNC(=O)NCc1nn(CCN2CCCC2)c(=O)c2ccccc12. The van der Waals surface area contributed by atoms with Gasteiger partial charge in [-0.2, -0.15) is 5.10 Å². The molecule has 1 aromatic carbocycles. The Morgan fingerprint density at radius 1 is 1.12 bits per heavy atom. The van der Waals surface area contributed by atoms with Crippen molar-refractivity contribution >= 4 is 16.8 Å². The molecule has 0 aliphatic carbocycles. The van der Waals surface area contributed by atoms with Gasteiger partial charge in [-0.3, -0.25) is 4.79 Å². The summed E-state index contributed by atoms with van der Waals surface area (Å²) in [6.45, 7) is 6.51. The van der Waals surface area contributed by atoms with Gasteiger partial charge in [-0.15, -0.1) is 0 Å². The van der Waals surface area contributed by atoms with E-state index in [0.29, 0.717) is 30.7 Å². The van der Waals surface area contributed by atoms with Crippen LogP contribution >= 0.6 is 0 Å². The molecule has 140 valence electrons. The summed E-state index contributed by atoms with van der Waals surface area (Å²) in [7, 11) is 0. The van der Waals surface area contributed by atoms with Gasteiger partial charge in [0, 0.05) is 18.5 Å². The Balaban J connectivity index is 1.80. The Morgan fingerprint density at radius 2 is 1.85 bits per heavy atom.